The molecule has 0 amide bonds. The van der Waals surface area contributed by atoms with E-state index in [2.05, 4.69) is 45.0 Å². The molecule has 1 atom stereocenters. The van der Waals surface area contributed by atoms with Gasteiger partial charge < -0.3 is 10.5 Å². The van der Waals surface area contributed by atoms with Crippen LogP contribution < -0.4 is 10.5 Å². The van der Waals surface area contributed by atoms with Crippen LogP contribution in [0.5, 0.6) is 5.75 Å². The predicted molar refractivity (Wildman–Crippen MR) is 84.2 cm³/mol. The highest BCUT2D eigenvalue weighted by Gasteiger charge is 2.22. The highest BCUT2D eigenvalue weighted by molar-refractivity contribution is 5.36. The largest absolute Gasteiger partial charge is 0.497 e. The lowest BCUT2D eigenvalue weighted by molar-refractivity contribution is 0.410. The van der Waals surface area contributed by atoms with Crippen molar-refractivity contribution in [2.45, 2.75) is 32.7 Å². The first-order chi connectivity index (χ1) is 9.42. The van der Waals surface area contributed by atoms with Gasteiger partial charge in [-0.1, -0.05) is 30.3 Å². The fourth-order valence-electron chi connectivity index (χ4n) is 2.42. The maximum Gasteiger partial charge on any atom is 0.119 e. The lowest BCUT2D eigenvalue weighted by Gasteiger charge is -2.26. The number of hydrogen-bond donors (Lipinski definition) is 1. The summed E-state index contributed by atoms with van der Waals surface area (Å²) in [6.07, 6.45) is 0.807. The zero-order valence-corrected chi connectivity index (χ0v) is 12.7. The summed E-state index contributed by atoms with van der Waals surface area (Å²) in [6, 6.07) is 14.5. The molecule has 0 spiro atoms. The number of methoxy groups -OCH3 is 1. The molecule has 0 aliphatic heterocycles. The summed E-state index contributed by atoms with van der Waals surface area (Å²) in [7, 11) is 1.68. The molecule has 1 unspecified atom stereocenters. The number of rotatable bonds is 4. The normalized spacial score (nSPS) is 13.8. The third kappa shape index (κ3) is 3.20. The van der Waals surface area contributed by atoms with Gasteiger partial charge in [-0.2, -0.15) is 0 Å². The molecular weight excluding hydrogens is 246 g/mol. The van der Waals surface area contributed by atoms with Gasteiger partial charge in [0.15, 0.2) is 0 Å². The maximum atomic E-state index is 6.53. The van der Waals surface area contributed by atoms with Crippen molar-refractivity contribution >= 4 is 0 Å². The minimum absolute atomic E-state index is 0.407. The van der Waals surface area contributed by atoms with Gasteiger partial charge in [-0.05, 0) is 61.6 Å². The molecule has 0 bridgehead atoms. The average Bonchev–Trinajstić information content (AvgIpc) is 2.43. The minimum atomic E-state index is -0.407. The molecule has 0 heterocycles. The van der Waals surface area contributed by atoms with Gasteiger partial charge in [-0.3, -0.25) is 0 Å². The van der Waals surface area contributed by atoms with E-state index in [1.165, 1.54) is 16.7 Å². The molecule has 0 saturated heterocycles. The van der Waals surface area contributed by atoms with Gasteiger partial charge in [0.1, 0.15) is 5.75 Å². The monoisotopic (exact) mass is 269 g/mol. The molecule has 106 valence electrons. The third-order valence-electron chi connectivity index (χ3n) is 3.87. The Hall–Kier alpha value is -1.80. The molecule has 0 saturated carbocycles. The number of ether oxygens (including phenoxy) is 1. The molecule has 0 radical (unpaired) electrons. The van der Waals surface area contributed by atoms with Crippen LogP contribution >= 0.6 is 0 Å². The van der Waals surface area contributed by atoms with Crippen molar-refractivity contribution in [2.75, 3.05) is 7.11 Å². The van der Waals surface area contributed by atoms with Crippen LogP contribution in [0.3, 0.4) is 0 Å². The molecule has 20 heavy (non-hydrogen) atoms. The molecule has 0 aromatic heterocycles. The second kappa shape index (κ2) is 5.68. The predicted octanol–water partition coefficient (Wildman–Crippen LogP) is 3.73. The fourth-order valence-corrected chi connectivity index (χ4v) is 2.42. The van der Waals surface area contributed by atoms with E-state index < -0.39 is 5.54 Å². The number of aryl methyl sites for hydroxylation is 2. The Bertz CT molecular complexity index is 602. The minimum Gasteiger partial charge on any atom is -0.497 e. The maximum absolute atomic E-state index is 6.53. The SMILES string of the molecule is COc1cccc(C(C)(N)Cc2ccc(C)c(C)c2)c1. The summed E-state index contributed by atoms with van der Waals surface area (Å²) >= 11 is 0. The second-order valence-electron chi connectivity index (χ2n) is 5.74. The molecular formula is C18H23NO. The Labute approximate surface area is 121 Å². The Morgan fingerprint density at radius 1 is 1.05 bits per heavy atom. The van der Waals surface area contributed by atoms with Crippen LogP contribution in [0, 0.1) is 13.8 Å². The summed E-state index contributed by atoms with van der Waals surface area (Å²) in [5.41, 5.74) is 11.1. The van der Waals surface area contributed by atoms with Crippen LogP contribution in [0.25, 0.3) is 0 Å². The Kier molecular flexibility index (Phi) is 4.15. The molecule has 2 aromatic carbocycles. The smallest absolute Gasteiger partial charge is 0.119 e. The van der Waals surface area contributed by atoms with Crippen LogP contribution in [0.15, 0.2) is 42.5 Å². The van der Waals surface area contributed by atoms with E-state index in [4.69, 9.17) is 10.5 Å². The van der Waals surface area contributed by atoms with Crippen LogP contribution in [0.4, 0.5) is 0 Å². The summed E-state index contributed by atoms with van der Waals surface area (Å²) < 4.78 is 5.28. The van der Waals surface area contributed by atoms with Crippen molar-refractivity contribution in [2.24, 2.45) is 5.73 Å². The highest BCUT2D eigenvalue weighted by Crippen LogP contribution is 2.26. The summed E-state index contributed by atoms with van der Waals surface area (Å²) in [4.78, 5) is 0. The first-order valence-electron chi connectivity index (χ1n) is 6.92. The topological polar surface area (TPSA) is 35.2 Å². The van der Waals surface area contributed by atoms with Crippen LogP contribution in [0.1, 0.15) is 29.2 Å². The van der Waals surface area contributed by atoms with E-state index in [9.17, 15) is 0 Å². The molecule has 2 nitrogen and oxygen atoms in total. The van der Waals surface area contributed by atoms with Crippen molar-refractivity contribution < 1.29 is 4.74 Å². The molecule has 2 N–H and O–H groups in total. The van der Waals surface area contributed by atoms with Crippen molar-refractivity contribution in [3.63, 3.8) is 0 Å². The summed E-state index contributed by atoms with van der Waals surface area (Å²) in [5.74, 6) is 0.847. The van der Waals surface area contributed by atoms with E-state index >= 15 is 0 Å². The quantitative estimate of drug-likeness (QED) is 0.918. The Balaban J connectivity index is 2.27. The van der Waals surface area contributed by atoms with Gasteiger partial charge in [-0.15, -0.1) is 0 Å². The zero-order chi connectivity index (χ0) is 14.8. The molecule has 0 aliphatic carbocycles. The first-order valence-corrected chi connectivity index (χ1v) is 6.92. The lowest BCUT2D eigenvalue weighted by Crippen LogP contribution is -2.35. The van der Waals surface area contributed by atoms with Crippen LogP contribution in [-0.2, 0) is 12.0 Å². The zero-order valence-electron chi connectivity index (χ0n) is 12.7. The Morgan fingerprint density at radius 3 is 2.45 bits per heavy atom. The number of hydrogen-bond acceptors (Lipinski definition) is 2. The van der Waals surface area contributed by atoms with Gasteiger partial charge in [0.2, 0.25) is 0 Å². The van der Waals surface area contributed by atoms with Gasteiger partial charge in [0.25, 0.3) is 0 Å². The van der Waals surface area contributed by atoms with Crippen molar-refractivity contribution in [3.8, 4) is 5.75 Å². The molecule has 2 rings (SSSR count). The van der Waals surface area contributed by atoms with Gasteiger partial charge in [0, 0.05) is 5.54 Å². The average molecular weight is 269 g/mol. The number of benzene rings is 2. The second-order valence-corrected chi connectivity index (χ2v) is 5.74. The fraction of sp³-hybridized carbons (Fsp3) is 0.333. The van der Waals surface area contributed by atoms with E-state index in [1.54, 1.807) is 7.11 Å². The van der Waals surface area contributed by atoms with Crippen molar-refractivity contribution in [1.82, 2.24) is 0 Å². The standard InChI is InChI=1S/C18H23NO/c1-13-8-9-15(10-14(13)2)12-18(3,19)16-6-5-7-17(11-16)20-4/h5-11H,12,19H2,1-4H3. The molecule has 0 fully saturated rings. The third-order valence-corrected chi connectivity index (χ3v) is 3.87. The highest BCUT2D eigenvalue weighted by atomic mass is 16.5. The summed E-state index contributed by atoms with van der Waals surface area (Å²) in [5, 5.41) is 0. The molecule has 0 aliphatic rings. The Morgan fingerprint density at radius 2 is 1.80 bits per heavy atom. The molecule has 2 aromatic rings. The van der Waals surface area contributed by atoms with Crippen LogP contribution in [-0.4, -0.2) is 7.11 Å². The van der Waals surface area contributed by atoms with E-state index in [-0.39, 0.29) is 0 Å². The number of nitrogens with two attached hydrogens (primary N) is 1. The van der Waals surface area contributed by atoms with Gasteiger partial charge in [-0.25, -0.2) is 0 Å². The first kappa shape index (κ1) is 14.6. The van der Waals surface area contributed by atoms with Crippen molar-refractivity contribution in [1.29, 1.82) is 0 Å². The van der Waals surface area contributed by atoms with Gasteiger partial charge >= 0.3 is 0 Å². The van der Waals surface area contributed by atoms with E-state index in [0.717, 1.165) is 17.7 Å². The van der Waals surface area contributed by atoms with E-state index in [1.807, 2.05) is 18.2 Å². The summed E-state index contributed by atoms with van der Waals surface area (Å²) in [6.45, 7) is 6.33. The van der Waals surface area contributed by atoms with Gasteiger partial charge in [0.05, 0.1) is 7.11 Å². The van der Waals surface area contributed by atoms with Crippen molar-refractivity contribution in [3.05, 3.63) is 64.7 Å². The van der Waals surface area contributed by atoms with E-state index in [0.29, 0.717) is 0 Å². The molecule has 2 heteroatoms. The lowest BCUT2D eigenvalue weighted by atomic mass is 9.86. The van der Waals surface area contributed by atoms with Crippen LogP contribution in [0.2, 0.25) is 0 Å².